The molecule has 4 heteroatoms. The van der Waals surface area contributed by atoms with E-state index in [-0.39, 0.29) is 11.8 Å². The van der Waals surface area contributed by atoms with Crippen molar-refractivity contribution < 1.29 is 4.79 Å². The highest BCUT2D eigenvalue weighted by molar-refractivity contribution is 6.30. The zero-order valence-corrected chi connectivity index (χ0v) is 15.6. The molecule has 1 amide bonds. The number of carbonyl (C=O) groups is 1. The Morgan fingerprint density at radius 1 is 1.21 bits per heavy atom. The second-order valence-corrected chi connectivity index (χ2v) is 8.12. The van der Waals surface area contributed by atoms with E-state index in [0.29, 0.717) is 12.0 Å². The van der Waals surface area contributed by atoms with Gasteiger partial charge < -0.3 is 5.32 Å². The predicted molar refractivity (Wildman–Crippen MR) is 99.4 cm³/mol. The Morgan fingerprint density at radius 3 is 2.42 bits per heavy atom. The zero-order chi connectivity index (χ0) is 17.1. The third-order valence-electron chi connectivity index (χ3n) is 5.62. The molecule has 1 aromatic carbocycles. The molecule has 1 aromatic rings. The van der Waals surface area contributed by atoms with Gasteiger partial charge in [0.1, 0.15) is 0 Å². The molecular formula is C20H29ClN2O. The maximum Gasteiger partial charge on any atom is 0.227 e. The molecule has 0 bridgehead atoms. The Kier molecular flexibility index (Phi) is 5.83. The maximum atomic E-state index is 12.8. The fraction of sp³-hybridized carbons (Fsp3) is 0.650. The van der Waals surface area contributed by atoms with Crippen LogP contribution in [0.4, 0.5) is 0 Å². The quantitative estimate of drug-likeness (QED) is 0.840. The summed E-state index contributed by atoms with van der Waals surface area (Å²) in [4.78, 5) is 15.3. The second kappa shape index (κ2) is 7.88. The Morgan fingerprint density at radius 2 is 1.83 bits per heavy atom. The van der Waals surface area contributed by atoms with Crippen LogP contribution in [0.1, 0.15) is 51.0 Å². The number of halogens is 1. The van der Waals surface area contributed by atoms with E-state index in [4.69, 9.17) is 11.6 Å². The third-order valence-corrected chi connectivity index (χ3v) is 5.87. The summed E-state index contributed by atoms with van der Waals surface area (Å²) in [5.74, 6) is 1.50. The van der Waals surface area contributed by atoms with E-state index in [9.17, 15) is 4.79 Å². The van der Waals surface area contributed by atoms with Gasteiger partial charge in [0, 0.05) is 17.6 Å². The van der Waals surface area contributed by atoms with E-state index in [1.54, 1.807) is 0 Å². The van der Waals surface area contributed by atoms with E-state index in [0.717, 1.165) is 49.0 Å². The van der Waals surface area contributed by atoms with Crippen LogP contribution in [0, 0.1) is 11.8 Å². The molecule has 0 spiro atoms. The van der Waals surface area contributed by atoms with Gasteiger partial charge in [0.15, 0.2) is 0 Å². The molecule has 3 nitrogen and oxygen atoms in total. The summed E-state index contributed by atoms with van der Waals surface area (Å²) in [6.07, 6.45) is 4.85. The van der Waals surface area contributed by atoms with Gasteiger partial charge in [0.25, 0.3) is 0 Å². The van der Waals surface area contributed by atoms with Crippen LogP contribution in [-0.4, -0.2) is 36.5 Å². The Balaban J connectivity index is 1.55. The van der Waals surface area contributed by atoms with E-state index >= 15 is 0 Å². The van der Waals surface area contributed by atoms with E-state index in [1.807, 2.05) is 24.3 Å². The number of likely N-dealkylation sites (tertiary alicyclic amines) is 1. The van der Waals surface area contributed by atoms with Crippen molar-refractivity contribution in [1.29, 1.82) is 0 Å². The Hall–Kier alpha value is -1.06. The van der Waals surface area contributed by atoms with E-state index < -0.39 is 0 Å². The lowest BCUT2D eigenvalue weighted by Crippen LogP contribution is -2.46. The molecule has 2 unspecified atom stereocenters. The summed E-state index contributed by atoms with van der Waals surface area (Å²) < 4.78 is 0. The smallest absolute Gasteiger partial charge is 0.227 e. The van der Waals surface area contributed by atoms with Crippen molar-refractivity contribution in [2.75, 3.05) is 19.6 Å². The average Bonchev–Trinajstić information content (AvgIpc) is 3.40. The molecule has 0 radical (unpaired) electrons. The lowest BCUT2D eigenvalue weighted by atomic mass is 9.93. The van der Waals surface area contributed by atoms with Gasteiger partial charge in [0.05, 0.1) is 5.92 Å². The van der Waals surface area contributed by atoms with Crippen LogP contribution in [-0.2, 0) is 4.79 Å². The molecule has 1 aliphatic carbocycles. The fourth-order valence-corrected chi connectivity index (χ4v) is 3.82. The number of benzene rings is 1. The predicted octanol–water partition coefficient (Wildman–Crippen LogP) is 4.07. The van der Waals surface area contributed by atoms with Crippen molar-refractivity contribution in [3.05, 3.63) is 34.9 Å². The normalized spacial score (nSPS) is 22.1. The molecule has 1 N–H and O–H groups in total. The first-order valence-electron chi connectivity index (χ1n) is 9.32. The number of hydrogen-bond acceptors (Lipinski definition) is 2. The number of nitrogens with one attached hydrogen (secondary N) is 1. The first kappa shape index (κ1) is 17.8. The topological polar surface area (TPSA) is 32.3 Å². The van der Waals surface area contributed by atoms with E-state index in [2.05, 4.69) is 24.1 Å². The lowest BCUT2D eigenvalue weighted by molar-refractivity contribution is -0.123. The molecule has 2 atom stereocenters. The molecular weight excluding hydrogens is 320 g/mol. The number of rotatable bonds is 6. The lowest BCUT2D eigenvalue weighted by Gasteiger charge is -2.35. The first-order chi connectivity index (χ1) is 11.5. The summed E-state index contributed by atoms with van der Waals surface area (Å²) in [6.45, 7) is 7.60. The van der Waals surface area contributed by atoms with Crippen molar-refractivity contribution in [3.63, 3.8) is 0 Å². The van der Waals surface area contributed by atoms with Crippen LogP contribution < -0.4 is 5.32 Å². The van der Waals surface area contributed by atoms with Crippen molar-refractivity contribution in [2.24, 2.45) is 11.8 Å². The SMILES string of the molecule is CC1CCN(C(C)CNC(=O)C(c2ccc(Cl)cc2)C2CC2)CC1. The summed E-state index contributed by atoms with van der Waals surface area (Å²) in [5, 5.41) is 3.94. The summed E-state index contributed by atoms with van der Waals surface area (Å²) in [5.41, 5.74) is 1.10. The maximum absolute atomic E-state index is 12.8. The standard InChI is InChI=1S/C20H29ClN2O/c1-14-9-11-23(12-10-14)15(2)13-22-20(24)19(16-3-4-16)17-5-7-18(21)8-6-17/h5-8,14-16,19H,3-4,9-13H2,1-2H3,(H,22,24). The van der Waals surface area contributed by atoms with Crippen molar-refractivity contribution in [2.45, 2.75) is 51.5 Å². The largest absolute Gasteiger partial charge is 0.354 e. The van der Waals surface area contributed by atoms with Gasteiger partial charge in [-0.3, -0.25) is 9.69 Å². The zero-order valence-electron chi connectivity index (χ0n) is 14.8. The molecule has 1 heterocycles. The van der Waals surface area contributed by atoms with Gasteiger partial charge >= 0.3 is 0 Å². The second-order valence-electron chi connectivity index (χ2n) is 7.68. The molecule has 0 aromatic heterocycles. The van der Waals surface area contributed by atoms with Crippen LogP contribution in [0.25, 0.3) is 0 Å². The molecule has 1 saturated heterocycles. The van der Waals surface area contributed by atoms with Gasteiger partial charge in [0.2, 0.25) is 5.91 Å². The number of piperidine rings is 1. The minimum atomic E-state index is -0.0177. The van der Waals surface area contributed by atoms with Gasteiger partial charge in [-0.05, 0) is 75.2 Å². The molecule has 1 saturated carbocycles. The Labute approximate surface area is 150 Å². The monoisotopic (exact) mass is 348 g/mol. The highest BCUT2D eigenvalue weighted by Gasteiger charge is 2.37. The molecule has 24 heavy (non-hydrogen) atoms. The van der Waals surface area contributed by atoms with Crippen LogP contribution in [0.2, 0.25) is 5.02 Å². The number of amides is 1. The van der Waals surface area contributed by atoms with Crippen LogP contribution in [0.3, 0.4) is 0 Å². The molecule has 2 fully saturated rings. The molecule has 1 aliphatic heterocycles. The molecule has 132 valence electrons. The summed E-state index contributed by atoms with van der Waals surface area (Å²) in [7, 11) is 0. The summed E-state index contributed by atoms with van der Waals surface area (Å²) in [6, 6.07) is 8.18. The van der Waals surface area contributed by atoms with E-state index in [1.165, 1.54) is 12.8 Å². The average molecular weight is 349 g/mol. The van der Waals surface area contributed by atoms with Crippen molar-refractivity contribution >= 4 is 17.5 Å². The van der Waals surface area contributed by atoms with Crippen molar-refractivity contribution in [3.8, 4) is 0 Å². The van der Waals surface area contributed by atoms with Gasteiger partial charge in [-0.25, -0.2) is 0 Å². The molecule has 2 aliphatic rings. The first-order valence-corrected chi connectivity index (χ1v) is 9.69. The minimum absolute atomic E-state index is 0.0177. The van der Waals surface area contributed by atoms with Crippen LogP contribution in [0.5, 0.6) is 0 Å². The Bertz CT molecular complexity index is 547. The minimum Gasteiger partial charge on any atom is -0.354 e. The van der Waals surface area contributed by atoms with Crippen LogP contribution in [0.15, 0.2) is 24.3 Å². The number of nitrogens with zero attached hydrogens (tertiary/aromatic N) is 1. The highest BCUT2D eigenvalue weighted by atomic mass is 35.5. The number of carbonyl (C=O) groups excluding carboxylic acids is 1. The van der Waals surface area contributed by atoms with Gasteiger partial charge in [-0.1, -0.05) is 30.7 Å². The van der Waals surface area contributed by atoms with Crippen molar-refractivity contribution in [1.82, 2.24) is 10.2 Å². The fourth-order valence-electron chi connectivity index (χ4n) is 3.69. The molecule has 3 rings (SSSR count). The third kappa shape index (κ3) is 4.52. The summed E-state index contributed by atoms with van der Waals surface area (Å²) >= 11 is 5.98. The number of hydrogen-bond donors (Lipinski definition) is 1. The highest BCUT2D eigenvalue weighted by Crippen LogP contribution is 2.43. The van der Waals surface area contributed by atoms with Crippen LogP contribution >= 0.6 is 11.6 Å². The van der Waals surface area contributed by atoms with Gasteiger partial charge in [-0.15, -0.1) is 0 Å². The van der Waals surface area contributed by atoms with Gasteiger partial charge in [-0.2, -0.15) is 0 Å².